The van der Waals surface area contributed by atoms with Crippen molar-refractivity contribution in [3.8, 4) is 0 Å². The van der Waals surface area contributed by atoms with Crippen molar-refractivity contribution in [1.82, 2.24) is 5.32 Å². The second kappa shape index (κ2) is 6.92. The zero-order chi connectivity index (χ0) is 17.2. The summed E-state index contributed by atoms with van der Waals surface area (Å²) in [6, 6.07) is 13.3. The molecule has 2 aliphatic heterocycles. The van der Waals surface area contributed by atoms with Crippen LogP contribution in [0.4, 0.5) is 10.5 Å². The lowest BCUT2D eigenvalue weighted by molar-refractivity contribution is -0.955. The zero-order valence-corrected chi connectivity index (χ0v) is 14.6. The monoisotopic (exact) mass is 340 g/mol. The number of hydrogen-bond donors (Lipinski definition) is 3. The summed E-state index contributed by atoms with van der Waals surface area (Å²) in [7, 11) is 0. The fourth-order valence-corrected chi connectivity index (χ4v) is 4.52. The molecule has 3 heterocycles. The Labute approximate surface area is 148 Å². The maximum atomic E-state index is 12.3. The van der Waals surface area contributed by atoms with Gasteiger partial charge in [-0.1, -0.05) is 12.1 Å². The van der Waals surface area contributed by atoms with E-state index in [0.29, 0.717) is 12.1 Å². The summed E-state index contributed by atoms with van der Waals surface area (Å²) in [5, 5.41) is 6.14. The van der Waals surface area contributed by atoms with Crippen molar-refractivity contribution in [3.63, 3.8) is 0 Å². The highest BCUT2D eigenvalue weighted by atomic mass is 16.3. The quantitative estimate of drug-likeness (QED) is 0.801. The van der Waals surface area contributed by atoms with E-state index in [1.807, 2.05) is 37.3 Å². The number of rotatable bonds is 4. The fourth-order valence-electron chi connectivity index (χ4n) is 4.52. The third-order valence-electron chi connectivity index (χ3n) is 5.62. The first-order chi connectivity index (χ1) is 12.2. The Bertz CT molecular complexity index is 714. The molecule has 0 spiro atoms. The Hall–Kier alpha value is -2.27. The molecule has 0 aliphatic carbocycles. The molecule has 2 aliphatic rings. The number of piperidine rings is 1. The van der Waals surface area contributed by atoms with Gasteiger partial charge in [-0.3, -0.25) is 0 Å². The topological polar surface area (TPSA) is 58.7 Å². The maximum Gasteiger partial charge on any atom is 0.319 e. The first kappa shape index (κ1) is 16.2. The van der Waals surface area contributed by atoms with Gasteiger partial charge in [0.25, 0.3) is 0 Å². The smallest absolute Gasteiger partial charge is 0.319 e. The predicted octanol–water partition coefficient (Wildman–Crippen LogP) is 2.49. The molecule has 1 aromatic carbocycles. The van der Waals surface area contributed by atoms with E-state index in [-0.39, 0.29) is 12.1 Å². The van der Waals surface area contributed by atoms with Gasteiger partial charge in [-0.2, -0.15) is 0 Å². The summed E-state index contributed by atoms with van der Waals surface area (Å²) >= 11 is 0. The second-order valence-electron chi connectivity index (χ2n) is 7.44. The molecule has 0 radical (unpaired) electrons. The van der Waals surface area contributed by atoms with Crippen LogP contribution in [-0.2, 0) is 6.54 Å². The number of urea groups is 1. The van der Waals surface area contributed by atoms with Gasteiger partial charge in [-0.05, 0) is 36.8 Å². The molecule has 2 aromatic rings. The molecular formula is C20H26N3O2+. The van der Waals surface area contributed by atoms with Crippen molar-refractivity contribution in [2.24, 2.45) is 0 Å². The molecule has 25 heavy (non-hydrogen) atoms. The maximum absolute atomic E-state index is 12.3. The molecule has 2 amide bonds. The van der Waals surface area contributed by atoms with Crippen molar-refractivity contribution in [1.29, 1.82) is 0 Å². The van der Waals surface area contributed by atoms with Gasteiger partial charge in [-0.15, -0.1) is 0 Å². The van der Waals surface area contributed by atoms with E-state index in [2.05, 4.69) is 16.7 Å². The molecule has 132 valence electrons. The lowest BCUT2D eigenvalue weighted by Gasteiger charge is -2.35. The van der Waals surface area contributed by atoms with E-state index in [1.165, 1.54) is 12.8 Å². The van der Waals surface area contributed by atoms with Crippen molar-refractivity contribution < 1.29 is 14.1 Å². The minimum absolute atomic E-state index is 0.0931. The second-order valence-corrected chi connectivity index (χ2v) is 7.44. The highest BCUT2D eigenvalue weighted by molar-refractivity contribution is 5.89. The molecule has 1 aromatic heterocycles. The Balaban J connectivity index is 1.32. The van der Waals surface area contributed by atoms with E-state index in [0.717, 1.165) is 36.4 Å². The molecule has 5 nitrogen and oxygen atoms in total. The number of fused-ring (bicyclic) bond motifs is 2. The number of quaternary nitrogens is 1. The van der Waals surface area contributed by atoms with Crippen LogP contribution in [0.3, 0.4) is 0 Å². The molecule has 4 rings (SSSR count). The molecule has 2 saturated heterocycles. The van der Waals surface area contributed by atoms with Crippen LogP contribution < -0.4 is 15.5 Å². The number of anilines is 1. The summed E-state index contributed by atoms with van der Waals surface area (Å²) in [5.74, 6) is 1.07. The molecule has 5 heteroatoms. The van der Waals surface area contributed by atoms with Crippen LogP contribution >= 0.6 is 0 Å². The van der Waals surface area contributed by atoms with Crippen molar-refractivity contribution in [2.75, 3.05) is 5.32 Å². The molecule has 0 saturated carbocycles. The normalized spacial score (nSPS) is 27.9. The van der Waals surface area contributed by atoms with Crippen LogP contribution in [-0.4, -0.2) is 24.2 Å². The molecule has 3 N–H and O–H groups in total. The van der Waals surface area contributed by atoms with Gasteiger partial charge < -0.3 is 20.0 Å². The van der Waals surface area contributed by atoms with E-state index < -0.39 is 0 Å². The number of aryl methyl sites for hydroxylation is 1. The van der Waals surface area contributed by atoms with Gasteiger partial charge in [0, 0.05) is 37.4 Å². The summed E-state index contributed by atoms with van der Waals surface area (Å²) in [6.45, 7) is 2.99. The number of carbonyl (C=O) groups excluding carboxylic acids is 1. The van der Waals surface area contributed by atoms with E-state index in [4.69, 9.17) is 4.42 Å². The molecule has 2 fully saturated rings. The summed E-state index contributed by atoms with van der Waals surface area (Å²) in [6.07, 6.45) is 6.35. The van der Waals surface area contributed by atoms with Crippen LogP contribution in [0.5, 0.6) is 0 Å². The van der Waals surface area contributed by atoms with Gasteiger partial charge >= 0.3 is 6.03 Å². The molecule has 2 bridgehead atoms. The Kier molecular flexibility index (Phi) is 4.49. The predicted molar refractivity (Wildman–Crippen MR) is 96.5 cm³/mol. The average molecular weight is 340 g/mol. The first-order valence-corrected chi connectivity index (χ1v) is 9.19. The highest BCUT2D eigenvalue weighted by Crippen LogP contribution is 2.23. The Morgan fingerprint density at radius 2 is 2.00 bits per heavy atom. The summed E-state index contributed by atoms with van der Waals surface area (Å²) < 4.78 is 5.53. The Morgan fingerprint density at radius 3 is 2.68 bits per heavy atom. The summed E-state index contributed by atoms with van der Waals surface area (Å²) in [4.78, 5) is 14.0. The van der Waals surface area contributed by atoms with Gasteiger partial charge in [0.2, 0.25) is 0 Å². The van der Waals surface area contributed by atoms with Crippen LogP contribution in [0.25, 0.3) is 0 Å². The van der Waals surface area contributed by atoms with Gasteiger partial charge in [0.1, 0.15) is 6.54 Å². The van der Waals surface area contributed by atoms with Crippen molar-refractivity contribution in [3.05, 3.63) is 54.0 Å². The lowest BCUT2D eigenvalue weighted by Crippen LogP contribution is -3.17. The Morgan fingerprint density at radius 1 is 1.20 bits per heavy atom. The minimum Gasteiger partial charge on any atom is -0.463 e. The SMILES string of the molecule is Cc1cccc(NC(=O)NC2C[C@H]3CC[C@@H](C2)[NH+]3Cc2ccco2)c1. The minimum atomic E-state index is -0.0931. The largest absolute Gasteiger partial charge is 0.463 e. The zero-order valence-electron chi connectivity index (χ0n) is 14.6. The lowest BCUT2D eigenvalue weighted by atomic mass is 9.97. The van der Waals surface area contributed by atoms with E-state index in [1.54, 1.807) is 11.2 Å². The van der Waals surface area contributed by atoms with Crippen LogP contribution in [0.15, 0.2) is 47.1 Å². The number of amides is 2. The standard InChI is InChI=1S/C20H25N3O2/c1-14-4-2-5-15(10-14)21-20(24)22-16-11-17-7-8-18(12-16)23(17)13-19-6-3-9-25-19/h2-6,9-10,16-18H,7-8,11-13H2,1H3,(H2,21,22,24)/p+1/t16?,17-,18+. The number of hydrogen-bond acceptors (Lipinski definition) is 2. The van der Waals surface area contributed by atoms with Crippen LogP contribution in [0, 0.1) is 6.92 Å². The fraction of sp³-hybridized carbons (Fsp3) is 0.450. The number of carbonyl (C=O) groups is 1. The number of furan rings is 1. The van der Waals surface area contributed by atoms with Crippen LogP contribution in [0.1, 0.15) is 37.0 Å². The van der Waals surface area contributed by atoms with Crippen LogP contribution in [0.2, 0.25) is 0 Å². The van der Waals surface area contributed by atoms with Crippen molar-refractivity contribution >= 4 is 11.7 Å². The third-order valence-corrected chi connectivity index (χ3v) is 5.62. The first-order valence-electron chi connectivity index (χ1n) is 9.19. The van der Waals surface area contributed by atoms with Gasteiger partial charge in [-0.25, -0.2) is 4.79 Å². The van der Waals surface area contributed by atoms with Gasteiger partial charge in [0.15, 0.2) is 5.76 Å². The van der Waals surface area contributed by atoms with Gasteiger partial charge in [0.05, 0.1) is 18.3 Å². The molecule has 2 unspecified atom stereocenters. The van der Waals surface area contributed by atoms with Crippen molar-refractivity contribution in [2.45, 2.75) is 57.3 Å². The number of benzene rings is 1. The highest BCUT2D eigenvalue weighted by Gasteiger charge is 2.45. The van der Waals surface area contributed by atoms with E-state index in [9.17, 15) is 4.79 Å². The third kappa shape index (κ3) is 3.71. The summed E-state index contributed by atoms with van der Waals surface area (Å²) in [5.41, 5.74) is 1.99. The van der Waals surface area contributed by atoms with E-state index >= 15 is 0 Å². The molecular weight excluding hydrogens is 314 g/mol. The molecule has 4 atom stereocenters. The number of nitrogens with one attached hydrogen (secondary N) is 3. The average Bonchev–Trinajstić information content (AvgIpc) is 3.15.